The maximum atomic E-state index is 5.32. The molecular weight excluding hydrogens is 150 g/mol. The van der Waals surface area contributed by atoms with Crippen molar-refractivity contribution in [2.75, 3.05) is 6.61 Å². The van der Waals surface area contributed by atoms with Crippen LogP contribution in [0.1, 0.15) is 48.0 Å². The van der Waals surface area contributed by atoms with E-state index in [0.717, 1.165) is 13.0 Å². The molecule has 0 unspecified atom stereocenters. The molecule has 0 saturated heterocycles. The van der Waals surface area contributed by atoms with Crippen LogP contribution in [-0.4, -0.2) is 12.1 Å². The molecule has 2 heteroatoms. The average Bonchev–Trinajstić information content (AvgIpc) is 1.76. The highest BCUT2D eigenvalue weighted by atomic mass is 16.6. The van der Waals surface area contributed by atoms with Gasteiger partial charge in [0.15, 0.2) is 0 Å². The van der Waals surface area contributed by atoms with E-state index in [1.807, 2.05) is 0 Å². The first kappa shape index (κ1) is 11.9. The lowest BCUT2D eigenvalue weighted by molar-refractivity contribution is -0.0165. The molecule has 0 aliphatic carbocycles. The second-order valence-corrected chi connectivity index (χ2v) is 5.51. The van der Waals surface area contributed by atoms with Gasteiger partial charge in [0.2, 0.25) is 0 Å². The molecule has 0 bridgehead atoms. The molecule has 0 aromatic heterocycles. The van der Waals surface area contributed by atoms with E-state index >= 15 is 0 Å². The highest BCUT2D eigenvalue weighted by Gasteiger charge is 2.12. The number of hydroxylamine groups is 1. The van der Waals surface area contributed by atoms with Crippen LogP contribution in [0.2, 0.25) is 0 Å². The molecule has 2 nitrogen and oxygen atoms in total. The number of nitrogens with one attached hydrogen (secondary N) is 1. The Morgan fingerprint density at radius 1 is 1.00 bits per heavy atom. The fourth-order valence-corrected chi connectivity index (χ4v) is 0.625. The van der Waals surface area contributed by atoms with Crippen LogP contribution in [-0.2, 0) is 4.84 Å². The van der Waals surface area contributed by atoms with Crippen LogP contribution in [0.3, 0.4) is 0 Å². The van der Waals surface area contributed by atoms with E-state index < -0.39 is 0 Å². The lowest BCUT2D eigenvalue weighted by Crippen LogP contribution is -2.36. The van der Waals surface area contributed by atoms with Gasteiger partial charge in [-0.1, -0.05) is 20.8 Å². The zero-order valence-electron chi connectivity index (χ0n) is 9.32. The van der Waals surface area contributed by atoms with Gasteiger partial charge in [-0.05, 0) is 32.6 Å². The normalized spacial score (nSPS) is 13.5. The first-order valence-electron chi connectivity index (χ1n) is 4.60. The first-order chi connectivity index (χ1) is 5.21. The van der Waals surface area contributed by atoms with Gasteiger partial charge in [-0.25, -0.2) is 0 Å². The summed E-state index contributed by atoms with van der Waals surface area (Å²) in [5.41, 5.74) is 3.41. The quantitative estimate of drug-likeness (QED) is 0.523. The van der Waals surface area contributed by atoms with Crippen LogP contribution < -0.4 is 5.48 Å². The van der Waals surface area contributed by atoms with Crippen LogP contribution in [0.15, 0.2) is 0 Å². The minimum Gasteiger partial charge on any atom is -0.301 e. The summed E-state index contributed by atoms with van der Waals surface area (Å²) in [4.78, 5) is 5.32. The van der Waals surface area contributed by atoms with Gasteiger partial charge >= 0.3 is 0 Å². The van der Waals surface area contributed by atoms with Gasteiger partial charge in [-0.2, -0.15) is 5.48 Å². The fraction of sp³-hybridized carbons (Fsp3) is 1.00. The van der Waals surface area contributed by atoms with Gasteiger partial charge in [0.1, 0.15) is 0 Å². The summed E-state index contributed by atoms with van der Waals surface area (Å²) < 4.78 is 0. The van der Waals surface area contributed by atoms with Gasteiger partial charge in [0.25, 0.3) is 0 Å². The third-order valence-corrected chi connectivity index (χ3v) is 1.33. The molecule has 0 aromatic rings. The molecule has 0 fully saturated rings. The Bertz CT molecular complexity index is 103. The van der Waals surface area contributed by atoms with Crippen molar-refractivity contribution in [2.24, 2.45) is 5.41 Å². The van der Waals surface area contributed by atoms with E-state index in [9.17, 15) is 0 Å². The van der Waals surface area contributed by atoms with E-state index in [1.165, 1.54) is 0 Å². The van der Waals surface area contributed by atoms with E-state index in [2.05, 4.69) is 47.0 Å². The fourth-order valence-electron chi connectivity index (χ4n) is 0.625. The van der Waals surface area contributed by atoms with E-state index in [0.29, 0.717) is 5.41 Å². The van der Waals surface area contributed by atoms with Crippen molar-refractivity contribution in [1.82, 2.24) is 5.48 Å². The topological polar surface area (TPSA) is 21.3 Å². The molecule has 0 heterocycles. The lowest BCUT2D eigenvalue weighted by atomic mass is 9.93. The summed E-state index contributed by atoms with van der Waals surface area (Å²) >= 11 is 0. The number of hydrogen-bond acceptors (Lipinski definition) is 2. The molecule has 0 aliphatic rings. The van der Waals surface area contributed by atoms with Crippen LogP contribution in [0.4, 0.5) is 0 Å². The smallest absolute Gasteiger partial charge is 0.0687 e. The predicted octanol–water partition coefficient (Wildman–Crippen LogP) is 2.74. The van der Waals surface area contributed by atoms with Crippen molar-refractivity contribution < 1.29 is 4.84 Å². The standard InChI is InChI=1S/C10H23NO/c1-9(2,3)7-8-12-11-10(4,5)6/h11H,7-8H2,1-6H3. The van der Waals surface area contributed by atoms with E-state index in [1.54, 1.807) is 0 Å². The second-order valence-electron chi connectivity index (χ2n) is 5.51. The number of rotatable bonds is 3. The van der Waals surface area contributed by atoms with Gasteiger partial charge in [0, 0.05) is 5.54 Å². The van der Waals surface area contributed by atoms with Gasteiger partial charge in [-0.15, -0.1) is 0 Å². The molecule has 0 saturated carbocycles. The summed E-state index contributed by atoms with van der Waals surface area (Å²) in [6.45, 7) is 13.7. The van der Waals surface area contributed by atoms with Crippen molar-refractivity contribution in [3.05, 3.63) is 0 Å². The molecule has 0 atom stereocenters. The van der Waals surface area contributed by atoms with Gasteiger partial charge in [0.05, 0.1) is 6.61 Å². The SMILES string of the molecule is CC(C)(C)CCONC(C)(C)C. The minimum absolute atomic E-state index is 0.0535. The third-order valence-electron chi connectivity index (χ3n) is 1.33. The second kappa shape index (κ2) is 4.24. The maximum absolute atomic E-state index is 5.32. The monoisotopic (exact) mass is 173 g/mol. The predicted molar refractivity (Wildman–Crippen MR) is 52.9 cm³/mol. The average molecular weight is 173 g/mol. The molecule has 0 rings (SSSR count). The highest BCUT2D eigenvalue weighted by molar-refractivity contribution is 4.64. The molecule has 12 heavy (non-hydrogen) atoms. The summed E-state index contributed by atoms with van der Waals surface area (Å²) in [7, 11) is 0. The zero-order valence-corrected chi connectivity index (χ0v) is 9.32. The van der Waals surface area contributed by atoms with Crippen molar-refractivity contribution >= 4 is 0 Å². The Balaban J connectivity index is 3.35. The summed E-state index contributed by atoms with van der Waals surface area (Å²) in [6, 6.07) is 0. The molecule has 74 valence electrons. The largest absolute Gasteiger partial charge is 0.301 e. The maximum Gasteiger partial charge on any atom is 0.0687 e. The summed E-state index contributed by atoms with van der Waals surface area (Å²) in [5, 5.41) is 0. The third kappa shape index (κ3) is 9.92. The molecule has 0 aliphatic heterocycles. The van der Waals surface area contributed by atoms with Crippen LogP contribution in [0, 0.1) is 5.41 Å². The summed E-state index contributed by atoms with van der Waals surface area (Å²) in [6.07, 6.45) is 1.08. The Hall–Kier alpha value is -0.0800. The Morgan fingerprint density at radius 2 is 1.50 bits per heavy atom. The van der Waals surface area contributed by atoms with Crippen LogP contribution in [0.5, 0.6) is 0 Å². The first-order valence-corrected chi connectivity index (χ1v) is 4.60. The highest BCUT2D eigenvalue weighted by Crippen LogP contribution is 2.17. The lowest BCUT2D eigenvalue weighted by Gasteiger charge is -2.22. The molecular formula is C10H23NO. The Labute approximate surface area is 76.6 Å². The molecule has 0 aromatic carbocycles. The Morgan fingerprint density at radius 3 is 1.83 bits per heavy atom. The van der Waals surface area contributed by atoms with Crippen molar-refractivity contribution in [3.8, 4) is 0 Å². The van der Waals surface area contributed by atoms with Crippen molar-refractivity contribution in [2.45, 2.75) is 53.5 Å². The van der Waals surface area contributed by atoms with Crippen LogP contribution in [0.25, 0.3) is 0 Å². The van der Waals surface area contributed by atoms with E-state index in [-0.39, 0.29) is 5.54 Å². The zero-order chi connectivity index (χ0) is 9.83. The van der Waals surface area contributed by atoms with Gasteiger partial charge < -0.3 is 4.84 Å². The van der Waals surface area contributed by atoms with Crippen molar-refractivity contribution in [1.29, 1.82) is 0 Å². The Kier molecular flexibility index (Phi) is 4.21. The molecule has 0 radical (unpaired) electrons. The number of hydrogen-bond donors (Lipinski definition) is 1. The molecule has 0 spiro atoms. The molecule has 1 N–H and O–H groups in total. The van der Waals surface area contributed by atoms with Crippen molar-refractivity contribution in [3.63, 3.8) is 0 Å². The van der Waals surface area contributed by atoms with Gasteiger partial charge in [-0.3, -0.25) is 0 Å². The van der Waals surface area contributed by atoms with E-state index in [4.69, 9.17) is 4.84 Å². The summed E-state index contributed by atoms with van der Waals surface area (Å²) in [5.74, 6) is 0. The minimum atomic E-state index is 0.0535. The van der Waals surface area contributed by atoms with Crippen LogP contribution >= 0.6 is 0 Å². The molecule has 0 amide bonds.